The molecule has 0 aromatic carbocycles. The van der Waals surface area contributed by atoms with E-state index in [1.807, 2.05) is 13.8 Å². The maximum atomic E-state index is 10.5. The minimum Gasteiger partial charge on any atom is -0.285 e. The normalized spacial score (nSPS) is 14.1. The van der Waals surface area contributed by atoms with E-state index in [1.54, 1.807) is 0 Å². The van der Waals surface area contributed by atoms with Gasteiger partial charge in [0.05, 0.1) is 4.83 Å². The first kappa shape index (κ1) is 8.63. The van der Waals surface area contributed by atoms with Crippen LogP contribution in [0.25, 0.3) is 0 Å². The third-order valence-electron chi connectivity index (χ3n) is 0.802. The van der Waals surface area contributed by atoms with E-state index in [-0.39, 0.29) is 9.52 Å². The Morgan fingerprint density at radius 1 is 1.50 bits per heavy atom. The number of halogens is 2. The lowest BCUT2D eigenvalue weighted by Crippen LogP contribution is -2.13. The van der Waals surface area contributed by atoms with Gasteiger partial charge < -0.3 is 0 Å². The van der Waals surface area contributed by atoms with Crippen LogP contribution in [0.2, 0.25) is 0 Å². The fourth-order valence-corrected chi connectivity index (χ4v) is 0.791. The highest BCUT2D eigenvalue weighted by Gasteiger charge is 2.14. The molecule has 0 aromatic rings. The first-order chi connectivity index (χ1) is 3.55. The second-order valence-corrected chi connectivity index (χ2v) is 3.72. The molecule has 0 aromatic heterocycles. The second kappa shape index (κ2) is 3.62. The van der Waals surface area contributed by atoms with Crippen LogP contribution in [0.15, 0.2) is 0 Å². The second-order valence-electron chi connectivity index (χ2n) is 1.95. The van der Waals surface area contributed by atoms with Gasteiger partial charge in [0.2, 0.25) is 4.69 Å². The summed E-state index contributed by atoms with van der Waals surface area (Å²) in [4.78, 5) is 10.4. The molecule has 1 atom stereocenters. The highest BCUT2D eigenvalue weighted by Crippen LogP contribution is 2.15. The molecule has 1 nitrogen and oxygen atoms in total. The Labute approximate surface area is 66.1 Å². The van der Waals surface area contributed by atoms with E-state index in [1.165, 1.54) is 0 Å². The SMILES string of the molecule is CC(C)C(Br)C(=O)Br. The van der Waals surface area contributed by atoms with Crippen molar-refractivity contribution in [2.24, 2.45) is 5.92 Å². The molecule has 48 valence electrons. The van der Waals surface area contributed by atoms with Crippen LogP contribution >= 0.6 is 31.9 Å². The number of hydrogen-bond donors (Lipinski definition) is 0. The molecule has 1 unspecified atom stereocenters. The molecule has 0 radical (unpaired) electrons. The number of rotatable bonds is 2. The van der Waals surface area contributed by atoms with Crippen molar-refractivity contribution in [2.45, 2.75) is 18.7 Å². The summed E-state index contributed by atoms with van der Waals surface area (Å²) in [6, 6.07) is 0. The van der Waals surface area contributed by atoms with Gasteiger partial charge in [-0.05, 0) is 21.8 Å². The Hall–Kier alpha value is 0.630. The summed E-state index contributed by atoms with van der Waals surface area (Å²) in [7, 11) is 0. The van der Waals surface area contributed by atoms with Gasteiger partial charge in [-0.3, -0.25) is 4.79 Å². The predicted octanol–water partition coefficient (Wildman–Crippen LogP) is 2.33. The van der Waals surface area contributed by atoms with Crippen molar-refractivity contribution in [3.05, 3.63) is 0 Å². The largest absolute Gasteiger partial charge is 0.285 e. The highest BCUT2D eigenvalue weighted by atomic mass is 79.9. The molecule has 3 heteroatoms. The molecule has 0 aliphatic heterocycles. The summed E-state index contributed by atoms with van der Waals surface area (Å²) in [6.07, 6.45) is 0. The van der Waals surface area contributed by atoms with E-state index in [0.29, 0.717) is 5.92 Å². The lowest BCUT2D eigenvalue weighted by molar-refractivity contribution is -0.110. The Balaban J connectivity index is 3.64. The molecule has 0 amide bonds. The van der Waals surface area contributed by atoms with Crippen LogP contribution in [0, 0.1) is 5.92 Å². The van der Waals surface area contributed by atoms with E-state index in [9.17, 15) is 4.79 Å². The number of alkyl halides is 1. The van der Waals surface area contributed by atoms with Gasteiger partial charge in [-0.15, -0.1) is 0 Å². The molecule has 8 heavy (non-hydrogen) atoms. The molecule has 0 bridgehead atoms. The van der Waals surface area contributed by atoms with Crippen molar-refractivity contribution in [3.8, 4) is 0 Å². The van der Waals surface area contributed by atoms with Crippen molar-refractivity contribution >= 4 is 36.6 Å². The van der Waals surface area contributed by atoms with Gasteiger partial charge in [0.15, 0.2) is 0 Å². The first-order valence-corrected chi connectivity index (χ1v) is 4.10. The number of carbonyl (C=O) groups excluding carboxylic acids is 1. The molecule has 0 aliphatic rings. The molecular formula is C5H8Br2O. The van der Waals surface area contributed by atoms with Crippen molar-refractivity contribution in [3.63, 3.8) is 0 Å². The van der Waals surface area contributed by atoms with Gasteiger partial charge in [0.25, 0.3) is 0 Å². The molecule has 0 N–H and O–H groups in total. The standard InChI is InChI=1S/C5H8Br2O/c1-3(2)4(6)5(7)8/h3-4H,1-2H3. The Morgan fingerprint density at radius 3 is 1.88 bits per heavy atom. The lowest BCUT2D eigenvalue weighted by Gasteiger charge is -2.06. The zero-order valence-electron chi connectivity index (χ0n) is 4.82. The van der Waals surface area contributed by atoms with Crippen LogP contribution in [0.4, 0.5) is 0 Å². The van der Waals surface area contributed by atoms with Gasteiger partial charge in [-0.25, -0.2) is 0 Å². The molecule has 0 spiro atoms. The van der Waals surface area contributed by atoms with Gasteiger partial charge in [0.1, 0.15) is 0 Å². The summed E-state index contributed by atoms with van der Waals surface area (Å²) in [6.45, 7) is 3.97. The maximum Gasteiger partial charge on any atom is 0.211 e. The quantitative estimate of drug-likeness (QED) is 0.538. The smallest absolute Gasteiger partial charge is 0.211 e. The minimum absolute atomic E-state index is 0.0208. The van der Waals surface area contributed by atoms with Gasteiger partial charge in [-0.1, -0.05) is 29.8 Å². The summed E-state index contributed by atoms with van der Waals surface area (Å²) < 4.78 is 0.0208. The molecule has 0 rings (SSSR count). The Morgan fingerprint density at radius 2 is 1.88 bits per heavy atom. The summed E-state index contributed by atoms with van der Waals surface area (Å²) >= 11 is 6.06. The average molecular weight is 244 g/mol. The third kappa shape index (κ3) is 2.82. The van der Waals surface area contributed by atoms with E-state index in [4.69, 9.17) is 0 Å². The zero-order chi connectivity index (χ0) is 6.73. The number of carbonyl (C=O) groups is 1. The van der Waals surface area contributed by atoms with E-state index in [2.05, 4.69) is 31.9 Å². The maximum absolute atomic E-state index is 10.5. The monoisotopic (exact) mass is 242 g/mol. The predicted molar refractivity (Wildman–Crippen MR) is 41.5 cm³/mol. The summed E-state index contributed by atoms with van der Waals surface area (Å²) in [5.74, 6) is 0.363. The Kier molecular flexibility index (Phi) is 3.90. The first-order valence-electron chi connectivity index (χ1n) is 2.39. The van der Waals surface area contributed by atoms with Crippen molar-refractivity contribution in [2.75, 3.05) is 0 Å². The molecule has 0 fully saturated rings. The summed E-state index contributed by atoms with van der Waals surface area (Å²) in [5.41, 5.74) is 0. The Bertz CT molecular complexity index is 90.4. The van der Waals surface area contributed by atoms with Crippen molar-refractivity contribution < 1.29 is 4.79 Å². The van der Waals surface area contributed by atoms with Gasteiger partial charge in [-0.2, -0.15) is 0 Å². The lowest BCUT2D eigenvalue weighted by atomic mass is 10.2. The van der Waals surface area contributed by atoms with Crippen LogP contribution in [-0.4, -0.2) is 9.52 Å². The molecule has 0 aliphatic carbocycles. The molecule has 0 saturated heterocycles. The van der Waals surface area contributed by atoms with E-state index in [0.717, 1.165) is 0 Å². The van der Waals surface area contributed by atoms with E-state index >= 15 is 0 Å². The van der Waals surface area contributed by atoms with Gasteiger partial charge in [0, 0.05) is 0 Å². The number of hydrogen-bond acceptors (Lipinski definition) is 1. The summed E-state index contributed by atoms with van der Waals surface area (Å²) in [5, 5.41) is 0. The molecular weight excluding hydrogens is 236 g/mol. The average Bonchev–Trinajstić information content (AvgIpc) is 1.64. The topological polar surface area (TPSA) is 17.1 Å². The van der Waals surface area contributed by atoms with Crippen molar-refractivity contribution in [1.82, 2.24) is 0 Å². The molecule has 0 saturated carbocycles. The van der Waals surface area contributed by atoms with Crippen LogP contribution in [0.5, 0.6) is 0 Å². The van der Waals surface area contributed by atoms with Crippen molar-refractivity contribution in [1.29, 1.82) is 0 Å². The fourth-order valence-electron chi connectivity index (χ4n) is 0.262. The van der Waals surface area contributed by atoms with Crippen LogP contribution in [0.1, 0.15) is 13.8 Å². The van der Waals surface area contributed by atoms with Crippen LogP contribution < -0.4 is 0 Å². The highest BCUT2D eigenvalue weighted by molar-refractivity contribution is 9.20. The minimum atomic E-state index is -0.0394. The van der Waals surface area contributed by atoms with E-state index < -0.39 is 0 Å². The van der Waals surface area contributed by atoms with Crippen LogP contribution in [0.3, 0.4) is 0 Å². The van der Waals surface area contributed by atoms with Gasteiger partial charge >= 0.3 is 0 Å². The molecule has 0 heterocycles. The van der Waals surface area contributed by atoms with Crippen LogP contribution in [-0.2, 0) is 4.79 Å². The fraction of sp³-hybridized carbons (Fsp3) is 0.800. The third-order valence-corrected chi connectivity index (χ3v) is 3.38. The zero-order valence-corrected chi connectivity index (χ0v) is 7.99.